The predicted octanol–water partition coefficient (Wildman–Crippen LogP) is 11.1. The van der Waals surface area contributed by atoms with E-state index in [9.17, 15) is 5.26 Å². The van der Waals surface area contributed by atoms with E-state index in [0.29, 0.717) is 11.5 Å². The van der Waals surface area contributed by atoms with Gasteiger partial charge in [-0.1, -0.05) is 109 Å². The molecule has 1 aliphatic rings. The normalized spacial score (nSPS) is 12.6. The summed E-state index contributed by atoms with van der Waals surface area (Å²) in [5, 5.41) is 13.0. The third-order valence-electron chi connectivity index (χ3n) is 10.3. The Morgan fingerprint density at radius 1 is 0.519 bits per heavy atom. The zero-order chi connectivity index (χ0) is 34.6. The Morgan fingerprint density at radius 3 is 1.79 bits per heavy atom. The predicted molar refractivity (Wildman–Crippen MR) is 211 cm³/mol. The Labute approximate surface area is 301 Å². The van der Waals surface area contributed by atoms with Gasteiger partial charge in [0, 0.05) is 44.2 Å². The van der Waals surface area contributed by atoms with E-state index < -0.39 is 0 Å². The maximum absolute atomic E-state index is 9.41. The summed E-state index contributed by atoms with van der Waals surface area (Å²) in [5.74, 6) is 0.680. The van der Waals surface area contributed by atoms with Crippen LogP contribution in [-0.2, 0) is 6.42 Å². The second kappa shape index (κ2) is 12.1. The molecule has 5 heteroatoms. The van der Waals surface area contributed by atoms with Crippen LogP contribution < -0.4 is 0 Å². The highest BCUT2D eigenvalue weighted by Crippen LogP contribution is 2.42. The van der Waals surface area contributed by atoms with Gasteiger partial charge in [-0.15, -0.1) is 0 Å². The lowest BCUT2D eigenvalue weighted by molar-refractivity contribution is 0.845. The number of allylic oxidation sites excluding steroid dienone is 1. The zero-order valence-electron chi connectivity index (χ0n) is 28.2. The SMILES string of the molecule is N#Cc1ccc(-n2c3ccccc3c3cc(C4=CCCc5c4c4ccccc4n5-c4nc(-c5ccccc5)cc(-c5ccccc5)n4)ccc32)cc1. The number of hydrogen-bond donors (Lipinski definition) is 0. The molecule has 3 aromatic heterocycles. The lowest BCUT2D eigenvalue weighted by Crippen LogP contribution is -2.10. The molecule has 52 heavy (non-hydrogen) atoms. The Hall–Kier alpha value is -7.03. The number of benzene rings is 6. The molecule has 9 aromatic rings. The minimum Gasteiger partial charge on any atom is -0.309 e. The van der Waals surface area contributed by atoms with Crippen LogP contribution in [0, 0.1) is 11.3 Å². The molecule has 0 aliphatic heterocycles. The molecule has 0 atom stereocenters. The maximum atomic E-state index is 9.41. The standard InChI is InChI=1S/C47H31N5/c48-30-31-22-25-35(26-23-31)51-42-19-9-7-16-37(42)39-28-34(24-27-44(39)51)36-18-11-21-45-46(36)38-17-8-10-20-43(38)52(45)47-49-40(32-12-3-1-4-13-32)29-41(50-47)33-14-5-2-6-15-33/h1-10,12-20,22-29H,11,21H2. The van der Waals surface area contributed by atoms with Gasteiger partial charge < -0.3 is 4.57 Å². The molecule has 1 aliphatic carbocycles. The van der Waals surface area contributed by atoms with E-state index in [0.717, 1.165) is 57.6 Å². The van der Waals surface area contributed by atoms with Crippen molar-refractivity contribution in [1.82, 2.24) is 19.1 Å². The first kappa shape index (κ1) is 29.8. The van der Waals surface area contributed by atoms with Gasteiger partial charge in [-0.25, -0.2) is 9.97 Å². The Morgan fingerprint density at radius 2 is 1.12 bits per heavy atom. The van der Waals surface area contributed by atoms with Crippen molar-refractivity contribution in [2.24, 2.45) is 0 Å². The lowest BCUT2D eigenvalue weighted by Gasteiger charge is -2.18. The summed E-state index contributed by atoms with van der Waals surface area (Å²) >= 11 is 0. The van der Waals surface area contributed by atoms with E-state index >= 15 is 0 Å². The molecule has 0 unspecified atom stereocenters. The van der Waals surface area contributed by atoms with Gasteiger partial charge >= 0.3 is 0 Å². The highest BCUT2D eigenvalue weighted by Gasteiger charge is 2.26. The fourth-order valence-electron chi connectivity index (χ4n) is 7.93. The van der Waals surface area contributed by atoms with Crippen molar-refractivity contribution in [1.29, 1.82) is 5.26 Å². The van der Waals surface area contributed by atoms with Crippen molar-refractivity contribution in [3.63, 3.8) is 0 Å². The highest BCUT2D eigenvalue weighted by molar-refractivity contribution is 6.11. The van der Waals surface area contributed by atoms with Crippen LogP contribution in [0.3, 0.4) is 0 Å². The Bertz CT molecular complexity index is 2830. The monoisotopic (exact) mass is 665 g/mol. The van der Waals surface area contributed by atoms with E-state index in [1.54, 1.807) is 0 Å². The van der Waals surface area contributed by atoms with Crippen LogP contribution in [-0.4, -0.2) is 19.1 Å². The van der Waals surface area contributed by atoms with Crippen molar-refractivity contribution in [3.05, 3.63) is 186 Å². The van der Waals surface area contributed by atoms with Gasteiger partial charge in [0.2, 0.25) is 5.95 Å². The molecule has 0 saturated heterocycles. The van der Waals surface area contributed by atoms with Crippen LogP contribution >= 0.6 is 0 Å². The van der Waals surface area contributed by atoms with Crippen molar-refractivity contribution in [3.8, 4) is 40.2 Å². The second-order valence-corrected chi connectivity index (χ2v) is 13.2. The van der Waals surface area contributed by atoms with Crippen molar-refractivity contribution in [2.45, 2.75) is 12.8 Å². The molecule has 0 amide bonds. The van der Waals surface area contributed by atoms with Crippen LogP contribution in [0.2, 0.25) is 0 Å². The number of nitriles is 1. The molecule has 10 rings (SSSR count). The minimum absolute atomic E-state index is 0.652. The summed E-state index contributed by atoms with van der Waals surface area (Å²) in [6, 6.07) is 57.0. The maximum Gasteiger partial charge on any atom is 0.235 e. The van der Waals surface area contributed by atoms with E-state index in [1.165, 1.54) is 38.6 Å². The van der Waals surface area contributed by atoms with Gasteiger partial charge in [0.15, 0.2) is 0 Å². The van der Waals surface area contributed by atoms with Gasteiger partial charge in [-0.3, -0.25) is 4.57 Å². The van der Waals surface area contributed by atoms with Crippen LogP contribution in [0.4, 0.5) is 0 Å². The number of aromatic nitrogens is 4. The molecule has 0 fully saturated rings. The number of fused-ring (bicyclic) bond motifs is 6. The summed E-state index contributed by atoms with van der Waals surface area (Å²) in [7, 11) is 0. The molecular formula is C47H31N5. The van der Waals surface area contributed by atoms with E-state index in [2.05, 4.69) is 143 Å². The summed E-state index contributed by atoms with van der Waals surface area (Å²) in [5.41, 5.74) is 13.8. The smallest absolute Gasteiger partial charge is 0.235 e. The van der Waals surface area contributed by atoms with Crippen LogP contribution in [0.5, 0.6) is 0 Å². The van der Waals surface area contributed by atoms with Crippen molar-refractivity contribution >= 4 is 38.3 Å². The Kier molecular flexibility index (Phi) is 6.94. The molecule has 0 saturated carbocycles. The molecule has 3 heterocycles. The second-order valence-electron chi connectivity index (χ2n) is 13.2. The number of para-hydroxylation sites is 2. The lowest BCUT2D eigenvalue weighted by atomic mass is 9.88. The third kappa shape index (κ3) is 4.77. The summed E-state index contributed by atoms with van der Waals surface area (Å²) in [6.45, 7) is 0. The van der Waals surface area contributed by atoms with E-state index in [4.69, 9.17) is 9.97 Å². The van der Waals surface area contributed by atoms with Gasteiger partial charge in [0.05, 0.1) is 39.6 Å². The third-order valence-corrected chi connectivity index (χ3v) is 10.3. The van der Waals surface area contributed by atoms with Crippen LogP contribution in [0.25, 0.3) is 72.4 Å². The van der Waals surface area contributed by atoms with Crippen LogP contribution in [0.15, 0.2) is 164 Å². The summed E-state index contributed by atoms with van der Waals surface area (Å²) in [6.07, 6.45) is 4.19. The summed E-state index contributed by atoms with van der Waals surface area (Å²) < 4.78 is 4.59. The van der Waals surface area contributed by atoms with Gasteiger partial charge in [-0.2, -0.15) is 5.26 Å². The van der Waals surface area contributed by atoms with Gasteiger partial charge in [-0.05, 0) is 78.6 Å². The largest absolute Gasteiger partial charge is 0.309 e. The number of hydrogen-bond acceptors (Lipinski definition) is 3. The minimum atomic E-state index is 0.652. The van der Waals surface area contributed by atoms with E-state index in [-0.39, 0.29) is 0 Å². The first-order chi connectivity index (χ1) is 25.7. The average Bonchev–Trinajstić information content (AvgIpc) is 3.74. The van der Waals surface area contributed by atoms with Crippen molar-refractivity contribution in [2.75, 3.05) is 0 Å². The summed E-state index contributed by atoms with van der Waals surface area (Å²) in [4.78, 5) is 10.5. The molecule has 0 spiro atoms. The molecular weight excluding hydrogens is 635 g/mol. The fraction of sp³-hybridized carbons (Fsp3) is 0.0426. The van der Waals surface area contributed by atoms with Gasteiger partial charge in [0.25, 0.3) is 0 Å². The first-order valence-electron chi connectivity index (χ1n) is 17.6. The number of nitrogens with zero attached hydrogens (tertiary/aromatic N) is 5. The van der Waals surface area contributed by atoms with E-state index in [1.807, 2.05) is 36.4 Å². The molecule has 5 nitrogen and oxygen atoms in total. The highest BCUT2D eigenvalue weighted by atomic mass is 15.2. The van der Waals surface area contributed by atoms with Gasteiger partial charge in [0.1, 0.15) is 0 Å². The fourth-order valence-corrected chi connectivity index (χ4v) is 7.93. The molecule has 0 N–H and O–H groups in total. The molecule has 6 aromatic carbocycles. The van der Waals surface area contributed by atoms with Crippen molar-refractivity contribution < 1.29 is 0 Å². The van der Waals surface area contributed by atoms with Crippen LogP contribution in [0.1, 0.15) is 28.8 Å². The topological polar surface area (TPSA) is 59.4 Å². The number of rotatable bonds is 5. The quantitative estimate of drug-likeness (QED) is 0.184. The molecule has 0 radical (unpaired) electrons. The first-order valence-corrected chi connectivity index (χ1v) is 17.6. The zero-order valence-corrected chi connectivity index (χ0v) is 28.2. The Balaban J connectivity index is 1.17. The average molecular weight is 666 g/mol. The molecule has 244 valence electrons. The molecule has 0 bridgehead atoms.